The van der Waals surface area contributed by atoms with E-state index in [-0.39, 0.29) is 43.0 Å². The molecule has 1 heterocycles. The van der Waals surface area contributed by atoms with E-state index in [9.17, 15) is 14.4 Å². The van der Waals surface area contributed by atoms with Gasteiger partial charge in [-0.1, -0.05) is 45.0 Å². The van der Waals surface area contributed by atoms with Crippen molar-refractivity contribution in [1.82, 2.24) is 14.5 Å². The molecule has 34 heavy (non-hydrogen) atoms. The fraction of sp³-hybridized carbons (Fsp3) is 0.560. The van der Waals surface area contributed by atoms with E-state index in [2.05, 4.69) is 41.1 Å². The predicted molar refractivity (Wildman–Crippen MR) is 134 cm³/mol. The maximum atomic E-state index is 13.5. The number of carbonyl (C=O) groups is 1. The number of carbonyl (C=O) groups excluding carboxylic acids is 1. The maximum Gasteiger partial charge on any atom is 0.330 e. The standard InChI is InChI=1S/C25H37N5O4/c1-5-18-6-8-19(9-7-18)15-28(20-10-11-20)16-21(31)29(12-13-34-4)22-23(26)30(14-17(2)3)25(33)27-24(22)32/h6-9,17,20H,5,10-16,26H2,1-4H3,(H,27,32,33). The molecule has 1 amide bonds. The summed E-state index contributed by atoms with van der Waals surface area (Å²) in [5.74, 6) is -0.118. The van der Waals surface area contributed by atoms with Gasteiger partial charge in [0, 0.05) is 32.8 Å². The van der Waals surface area contributed by atoms with Crippen LogP contribution in [0.1, 0.15) is 44.7 Å². The zero-order valence-electron chi connectivity index (χ0n) is 20.7. The normalized spacial score (nSPS) is 13.6. The third-order valence-corrected chi connectivity index (χ3v) is 6.07. The molecule has 0 aliphatic heterocycles. The van der Waals surface area contributed by atoms with Crippen LogP contribution in [0.4, 0.5) is 11.5 Å². The second-order valence-corrected chi connectivity index (χ2v) is 9.34. The predicted octanol–water partition coefficient (Wildman–Crippen LogP) is 1.98. The second kappa shape index (κ2) is 11.5. The van der Waals surface area contributed by atoms with Crippen molar-refractivity contribution in [3.8, 4) is 0 Å². The summed E-state index contributed by atoms with van der Waals surface area (Å²) in [6.45, 7) is 7.54. The van der Waals surface area contributed by atoms with Crippen LogP contribution in [-0.2, 0) is 29.0 Å². The minimum atomic E-state index is -0.667. The van der Waals surface area contributed by atoms with E-state index in [0.717, 1.165) is 24.8 Å². The molecule has 1 aromatic heterocycles. The highest BCUT2D eigenvalue weighted by Crippen LogP contribution is 2.29. The zero-order chi connectivity index (χ0) is 24.8. The Hall–Kier alpha value is -2.91. The minimum Gasteiger partial charge on any atom is -0.383 e. The molecule has 9 nitrogen and oxygen atoms in total. The van der Waals surface area contributed by atoms with Crippen LogP contribution in [0.25, 0.3) is 0 Å². The molecule has 186 valence electrons. The zero-order valence-corrected chi connectivity index (χ0v) is 20.7. The number of benzene rings is 1. The van der Waals surface area contributed by atoms with Crippen LogP contribution in [0.2, 0.25) is 0 Å². The van der Waals surface area contributed by atoms with Crippen LogP contribution < -0.4 is 21.9 Å². The average Bonchev–Trinajstić information content (AvgIpc) is 3.64. The van der Waals surface area contributed by atoms with Gasteiger partial charge in [0.1, 0.15) is 5.82 Å². The highest BCUT2D eigenvalue weighted by atomic mass is 16.5. The summed E-state index contributed by atoms with van der Waals surface area (Å²) in [7, 11) is 1.53. The van der Waals surface area contributed by atoms with Gasteiger partial charge >= 0.3 is 5.69 Å². The van der Waals surface area contributed by atoms with E-state index in [0.29, 0.717) is 19.1 Å². The molecule has 0 saturated heterocycles. The van der Waals surface area contributed by atoms with E-state index in [1.807, 2.05) is 13.8 Å². The summed E-state index contributed by atoms with van der Waals surface area (Å²) < 4.78 is 6.52. The van der Waals surface area contributed by atoms with E-state index in [4.69, 9.17) is 10.5 Å². The van der Waals surface area contributed by atoms with Gasteiger partial charge in [0.05, 0.1) is 13.2 Å². The van der Waals surface area contributed by atoms with Crippen molar-refractivity contribution in [1.29, 1.82) is 0 Å². The number of aromatic nitrogens is 2. The summed E-state index contributed by atoms with van der Waals surface area (Å²) in [5, 5.41) is 0. The fourth-order valence-electron chi connectivity index (χ4n) is 4.06. The van der Waals surface area contributed by atoms with Gasteiger partial charge in [-0.3, -0.25) is 24.0 Å². The van der Waals surface area contributed by atoms with Crippen LogP contribution in [0.3, 0.4) is 0 Å². The molecule has 2 aromatic rings. The van der Waals surface area contributed by atoms with Gasteiger partial charge in [-0.25, -0.2) is 4.79 Å². The van der Waals surface area contributed by atoms with Gasteiger partial charge in [-0.15, -0.1) is 0 Å². The number of amides is 1. The lowest BCUT2D eigenvalue weighted by atomic mass is 10.1. The van der Waals surface area contributed by atoms with Crippen LogP contribution in [0, 0.1) is 5.92 Å². The number of hydrogen-bond acceptors (Lipinski definition) is 6. The summed E-state index contributed by atoms with van der Waals surface area (Å²) in [4.78, 5) is 44.5. The van der Waals surface area contributed by atoms with Crippen molar-refractivity contribution in [3.05, 3.63) is 56.2 Å². The van der Waals surface area contributed by atoms with Crippen molar-refractivity contribution in [3.63, 3.8) is 0 Å². The van der Waals surface area contributed by atoms with Gasteiger partial charge < -0.3 is 15.4 Å². The third kappa shape index (κ3) is 6.36. The molecule has 0 bridgehead atoms. The molecule has 9 heteroatoms. The van der Waals surface area contributed by atoms with E-state index < -0.39 is 11.2 Å². The van der Waals surface area contributed by atoms with E-state index in [1.54, 1.807) is 0 Å². The van der Waals surface area contributed by atoms with E-state index >= 15 is 0 Å². The molecular weight excluding hydrogens is 434 g/mol. The second-order valence-electron chi connectivity index (χ2n) is 9.34. The Labute approximate surface area is 200 Å². The topological polar surface area (TPSA) is 114 Å². The average molecular weight is 472 g/mol. The van der Waals surface area contributed by atoms with Crippen LogP contribution in [0.15, 0.2) is 33.9 Å². The smallest absolute Gasteiger partial charge is 0.330 e. The Morgan fingerprint density at radius 2 is 1.85 bits per heavy atom. The summed E-state index contributed by atoms with van der Waals surface area (Å²) in [6, 6.07) is 8.78. The van der Waals surface area contributed by atoms with Crippen molar-refractivity contribution >= 4 is 17.4 Å². The Bertz CT molecular complexity index is 1090. The van der Waals surface area contributed by atoms with Crippen LogP contribution in [0.5, 0.6) is 0 Å². The van der Waals surface area contributed by atoms with Crippen molar-refractivity contribution in [2.75, 3.05) is 37.4 Å². The van der Waals surface area contributed by atoms with Crippen molar-refractivity contribution in [2.45, 2.75) is 59.2 Å². The first-order chi connectivity index (χ1) is 16.2. The Balaban J connectivity index is 1.89. The molecule has 3 N–H and O–H groups in total. The molecular formula is C25H37N5O4. The van der Waals surface area contributed by atoms with Gasteiger partial charge in [-0.2, -0.15) is 0 Å². The lowest BCUT2D eigenvalue weighted by molar-refractivity contribution is -0.120. The first-order valence-electron chi connectivity index (χ1n) is 12.0. The number of nitrogen functional groups attached to an aromatic ring is 1. The molecule has 0 spiro atoms. The lowest BCUT2D eigenvalue weighted by Gasteiger charge is -2.28. The first kappa shape index (κ1) is 25.7. The fourth-order valence-corrected chi connectivity index (χ4v) is 4.06. The molecule has 0 atom stereocenters. The number of H-pyrrole nitrogens is 1. The SMILES string of the molecule is CCc1ccc(CN(CC(=O)N(CCOC)c2c(N)n(CC(C)C)c(=O)[nH]c2=O)C2CC2)cc1. The molecule has 0 radical (unpaired) electrons. The Morgan fingerprint density at radius 1 is 1.21 bits per heavy atom. The van der Waals surface area contributed by atoms with E-state index in [1.165, 1.54) is 22.1 Å². The van der Waals surface area contributed by atoms with Crippen molar-refractivity contribution in [2.24, 2.45) is 5.92 Å². The molecule has 0 unspecified atom stereocenters. The number of aromatic amines is 1. The highest BCUT2D eigenvalue weighted by Gasteiger charge is 2.33. The number of methoxy groups -OCH3 is 1. The molecule has 1 aliphatic carbocycles. The number of rotatable bonds is 12. The molecule has 1 aromatic carbocycles. The minimum absolute atomic E-state index is 0.0000272. The quantitative estimate of drug-likeness (QED) is 0.489. The number of nitrogens with one attached hydrogen (secondary N) is 1. The van der Waals surface area contributed by atoms with Gasteiger partial charge in [-0.05, 0) is 36.3 Å². The maximum absolute atomic E-state index is 13.5. The summed E-state index contributed by atoms with van der Waals surface area (Å²) in [5.41, 5.74) is 7.47. The summed E-state index contributed by atoms with van der Waals surface area (Å²) in [6.07, 6.45) is 3.06. The summed E-state index contributed by atoms with van der Waals surface area (Å²) >= 11 is 0. The molecule has 1 fully saturated rings. The lowest BCUT2D eigenvalue weighted by Crippen LogP contribution is -2.46. The monoisotopic (exact) mass is 471 g/mol. The Morgan fingerprint density at radius 3 is 2.41 bits per heavy atom. The molecule has 3 rings (SSSR count). The van der Waals surface area contributed by atoms with Gasteiger partial charge in [0.15, 0.2) is 5.69 Å². The van der Waals surface area contributed by atoms with Crippen LogP contribution >= 0.6 is 0 Å². The number of ether oxygens (including phenoxy) is 1. The number of nitrogens with two attached hydrogens (primary N) is 1. The first-order valence-corrected chi connectivity index (χ1v) is 12.0. The van der Waals surface area contributed by atoms with Gasteiger partial charge in [0.2, 0.25) is 5.91 Å². The largest absolute Gasteiger partial charge is 0.383 e. The molecule has 1 saturated carbocycles. The number of hydrogen-bond donors (Lipinski definition) is 2. The van der Waals surface area contributed by atoms with Gasteiger partial charge in [0.25, 0.3) is 5.56 Å². The Kier molecular flexibility index (Phi) is 8.68. The number of nitrogens with zero attached hydrogens (tertiary/aromatic N) is 3. The third-order valence-electron chi connectivity index (χ3n) is 6.07. The highest BCUT2D eigenvalue weighted by molar-refractivity contribution is 5.96. The molecule has 1 aliphatic rings. The van der Waals surface area contributed by atoms with Crippen LogP contribution in [-0.4, -0.2) is 53.2 Å². The number of anilines is 2. The number of aryl methyl sites for hydroxylation is 1. The van der Waals surface area contributed by atoms with Crippen molar-refractivity contribution < 1.29 is 9.53 Å².